The van der Waals surface area contributed by atoms with Crippen LogP contribution in [0, 0.1) is 6.92 Å². The van der Waals surface area contributed by atoms with Gasteiger partial charge >= 0.3 is 0 Å². The Morgan fingerprint density at radius 2 is 2.50 bits per heavy atom. The Labute approximate surface area is 92.5 Å². The average molecular weight is 227 g/mol. The van der Waals surface area contributed by atoms with Gasteiger partial charge in [-0.05, 0) is 23.9 Å². The first-order chi connectivity index (χ1) is 6.75. The van der Waals surface area contributed by atoms with Crippen molar-refractivity contribution in [1.82, 2.24) is 4.90 Å². The highest BCUT2D eigenvalue weighted by Crippen LogP contribution is 2.19. The van der Waals surface area contributed by atoms with Crippen LogP contribution in [0.25, 0.3) is 0 Å². The zero-order valence-corrected chi connectivity index (χ0v) is 9.48. The summed E-state index contributed by atoms with van der Waals surface area (Å²) in [6.07, 6.45) is 3.53. The second-order valence-electron chi connectivity index (χ2n) is 3.27. The number of aryl methyl sites for hydroxylation is 1. The lowest BCUT2D eigenvalue weighted by molar-refractivity contribution is 0.465. The summed E-state index contributed by atoms with van der Waals surface area (Å²) in [5.74, 6) is 0. The highest BCUT2D eigenvalue weighted by atomic mass is 35.5. The molecule has 1 aromatic rings. The summed E-state index contributed by atoms with van der Waals surface area (Å²) < 4.78 is 0. The van der Waals surface area contributed by atoms with Crippen LogP contribution >= 0.6 is 22.9 Å². The van der Waals surface area contributed by atoms with Crippen molar-refractivity contribution >= 4 is 29.3 Å². The Morgan fingerprint density at radius 3 is 3.14 bits per heavy atom. The van der Waals surface area contributed by atoms with E-state index in [0.717, 1.165) is 18.1 Å². The Kier molecular flexibility index (Phi) is 2.89. The first-order valence-electron chi connectivity index (χ1n) is 4.40. The first-order valence-corrected chi connectivity index (χ1v) is 5.66. The van der Waals surface area contributed by atoms with Crippen molar-refractivity contribution in [2.75, 3.05) is 6.54 Å². The standard InChI is InChI=1S/C10H11ClN2S/c1-8-2-3-14-10(8)6-13-5-9(11)4-12-7-13/h2-4,7H,5-6H2,1H3. The third kappa shape index (κ3) is 2.16. The molecule has 0 fully saturated rings. The van der Waals surface area contributed by atoms with E-state index in [0.29, 0.717) is 0 Å². The van der Waals surface area contributed by atoms with Crippen LogP contribution in [-0.2, 0) is 6.54 Å². The molecule has 0 spiro atoms. The number of aliphatic imine (C=N–C) groups is 1. The van der Waals surface area contributed by atoms with Crippen molar-refractivity contribution in [2.24, 2.45) is 4.99 Å². The van der Waals surface area contributed by atoms with Crippen molar-refractivity contribution in [3.63, 3.8) is 0 Å². The van der Waals surface area contributed by atoms with Gasteiger partial charge in [-0.1, -0.05) is 11.6 Å². The molecule has 0 unspecified atom stereocenters. The predicted molar refractivity (Wildman–Crippen MR) is 61.9 cm³/mol. The minimum Gasteiger partial charge on any atom is -0.352 e. The highest BCUT2D eigenvalue weighted by molar-refractivity contribution is 7.10. The van der Waals surface area contributed by atoms with Crippen molar-refractivity contribution in [3.8, 4) is 0 Å². The molecule has 0 saturated heterocycles. The van der Waals surface area contributed by atoms with E-state index in [9.17, 15) is 0 Å². The van der Waals surface area contributed by atoms with Gasteiger partial charge in [0.1, 0.15) is 0 Å². The minimum atomic E-state index is 0.766. The van der Waals surface area contributed by atoms with Crippen LogP contribution < -0.4 is 0 Å². The van der Waals surface area contributed by atoms with E-state index >= 15 is 0 Å². The second kappa shape index (κ2) is 4.15. The zero-order valence-electron chi connectivity index (χ0n) is 7.90. The minimum absolute atomic E-state index is 0.766. The maximum absolute atomic E-state index is 5.90. The van der Waals surface area contributed by atoms with E-state index in [-0.39, 0.29) is 0 Å². The summed E-state index contributed by atoms with van der Waals surface area (Å²) in [4.78, 5) is 7.55. The molecule has 0 aliphatic carbocycles. The number of nitrogens with zero attached hydrogens (tertiary/aromatic N) is 2. The fourth-order valence-corrected chi connectivity index (χ4v) is 2.47. The molecule has 0 amide bonds. The number of rotatable bonds is 2. The summed E-state index contributed by atoms with van der Waals surface area (Å²) in [5.41, 5.74) is 1.34. The summed E-state index contributed by atoms with van der Waals surface area (Å²) >= 11 is 7.68. The summed E-state index contributed by atoms with van der Waals surface area (Å²) in [5, 5.41) is 2.91. The zero-order chi connectivity index (χ0) is 9.97. The summed E-state index contributed by atoms with van der Waals surface area (Å²) in [6, 6.07) is 2.14. The van der Waals surface area contributed by atoms with Crippen LogP contribution in [0.15, 0.2) is 27.7 Å². The predicted octanol–water partition coefficient (Wildman–Crippen LogP) is 2.98. The Bertz CT molecular complexity index is 381. The molecule has 2 heterocycles. The Balaban J connectivity index is 2.03. The van der Waals surface area contributed by atoms with Crippen molar-refractivity contribution in [1.29, 1.82) is 0 Å². The van der Waals surface area contributed by atoms with Gasteiger partial charge in [0.05, 0.1) is 24.5 Å². The van der Waals surface area contributed by atoms with Gasteiger partial charge in [-0.15, -0.1) is 11.3 Å². The van der Waals surface area contributed by atoms with E-state index in [2.05, 4.69) is 28.3 Å². The SMILES string of the molecule is Cc1ccsc1CN1C=NC=C(Cl)C1. The number of thiophene rings is 1. The third-order valence-electron chi connectivity index (χ3n) is 2.11. The van der Waals surface area contributed by atoms with Crippen LogP contribution in [0.1, 0.15) is 10.4 Å². The van der Waals surface area contributed by atoms with Gasteiger partial charge in [0.15, 0.2) is 0 Å². The molecule has 0 saturated carbocycles. The molecule has 0 aromatic carbocycles. The average Bonchev–Trinajstić information content (AvgIpc) is 2.52. The van der Waals surface area contributed by atoms with Gasteiger partial charge in [0.2, 0.25) is 0 Å². The molecule has 0 N–H and O–H groups in total. The van der Waals surface area contributed by atoms with E-state index in [1.165, 1.54) is 10.4 Å². The molecule has 0 radical (unpaired) electrons. The monoisotopic (exact) mass is 226 g/mol. The molecular weight excluding hydrogens is 216 g/mol. The molecule has 0 bridgehead atoms. The maximum Gasteiger partial charge on any atom is 0.0912 e. The van der Waals surface area contributed by atoms with Crippen LogP contribution in [0.3, 0.4) is 0 Å². The van der Waals surface area contributed by atoms with Crippen molar-refractivity contribution in [2.45, 2.75) is 13.5 Å². The lowest BCUT2D eigenvalue weighted by Gasteiger charge is -2.20. The summed E-state index contributed by atoms with van der Waals surface area (Å²) in [7, 11) is 0. The van der Waals surface area contributed by atoms with Gasteiger partial charge in [0, 0.05) is 11.1 Å². The van der Waals surface area contributed by atoms with Crippen LogP contribution in [0.5, 0.6) is 0 Å². The molecule has 2 rings (SSSR count). The van der Waals surface area contributed by atoms with Gasteiger partial charge in [0.25, 0.3) is 0 Å². The molecule has 1 aliphatic heterocycles. The van der Waals surface area contributed by atoms with Crippen molar-refractivity contribution < 1.29 is 0 Å². The third-order valence-corrected chi connectivity index (χ3v) is 3.34. The lowest BCUT2D eigenvalue weighted by Crippen LogP contribution is -2.24. The smallest absolute Gasteiger partial charge is 0.0912 e. The number of halogens is 1. The van der Waals surface area contributed by atoms with E-state index in [4.69, 9.17) is 11.6 Å². The normalized spacial score (nSPS) is 15.9. The molecule has 2 nitrogen and oxygen atoms in total. The number of hydrogen-bond donors (Lipinski definition) is 0. The topological polar surface area (TPSA) is 15.6 Å². The molecule has 1 aromatic heterocycles. The fourth-order valence-electron chi connectivity index (χ4n) is 1.33. The first kappa shape index (κ1) is 9.74. The van der Waals surface area contributed by atoms with Crippen LogP contribution in [0.4, 0.5) is 0 Å². The molecule has 0 atom stereocenters. The van der Waals surface area contributed by atoms with Crippen LogP contribution in [0.2, 0.25) is 0 Å². The van der Waals surface area contributed by atoms with Gasteiger partial charge < -0.3 is 4.90 Å². The maximum atomic E-state index is 5.90. The fraction of sp³-hybridized carbons (Fsp3) is 0.300. The molecule has 4 heteroatoms. The molecular formula is C10H11ClN2S. The van der Waals surface area contributed by atoms with Gasteiger partial charge in [-0.3, -0.25) is 0 Å². The Morgan fingerprint density at radius 1 is 1.64 bits per heavy atom. The lowest BCUT2D eigenvalue weighted by atomic mass is 10.3. The second-order valence-corrected chi connectivity index (χ2v) is 4.76. The van der Waals surface area contributed by atoms with E-state index in [1.54, 1.807) is 17.5 Å². The molecule has 1 aliphatic rings. The summed E-state index contributed by atoms with van der Waals surface area (Å²) in [6.45, 7) is 3.80. The van der Waals surface area contributed by atoms with Gasteiger partial charge in [-0.25, -0.2) is 4.99 Å². The Hall–Kier alpha value is -0.800. The largest absolute Gasteiger partial charge is 0.352 e. The van der Waals surface area contributed by atoms with E-state index < -0.39 is 0 Å². The van der Waals surface area contributed by atoms with Gasteiger partial charge in [-0.2, -0.15) is 0 Å². The van der Waals surface area contributed by atoms with E-state index in [1.807, 2.05) is 6.34 Å². The van der Waals surface area contributed by atoms with Crippen LogP contribution in [-0.4, -0.2) is 17.8 Å². The number of hydrogen-bond acceptors (Lipinski definition) is 3. The highest BCUT2D eigenvalue weighted by Gasteiger charge is 2.09. The van der Waals surface area contributed by atoms with Crippen molar-refractivity contribution in [3.05, 3.63) is 33.1 Å². The molecule has 74 valence electrons. The quantitative estimate of drug-likeness (QED) is 0.757. The molecule has 14 heavy (non-hydrogen) atoms.